The lowest BCUT2D eigenvalue weighted by molar-refractivity contribution is 0.443. The topological polar surface area (TPSA) is 50.9 Å². The largest absolute Gasteiger partial charge is 0.397 e. The van der Waals surface area contributed by atoms with Crippen LogP contribution in [0.4, 0.5) is 11.4 Å². The lowest BCUT2D eigenvalue weighted by Gasteiger charge is -2.20. The Morgan fingerprint density at radius 2 is 2.00 bits per heavy atom. The maximum Gasteiger partial charge on any atom is 0.0951 e. The van der Waals surface area contributed by atoms with Crippen LogP contribution in [-0.2, 0) is 0 Å². The Bertz CT molecular complexity index is 526. The van der Waals surface area contributed by atoms with Gasteiger partial charge in [-0.3, -0.25) is 4.98 Å². The quantitative estimate of drug-likeness (QED) is 0.777. The number of hydrogen-bond acceptors (Lipinski definition) is 3. The number of nitrogens with one attached hydrogen (secondary N) is 1. The fourth-order valence-electron chi connectivity index (χ4n) is 1.71. The summed E-state index contributed by atoms with van der Waals surface area (Å²) < 4.78 is 0. The maximum absolute atomic E-state index is 5.92. The molecule has 3 N–H and O–H groups in total. The van der Waals surface area contributed by atoms with Gasteiger partial charge < -0.3 is 11.1 Å². The molecule has 0 fully saturated rings. The molecule has 0 aliphatic rings. The summed E-state index contributed by atoms with van der Waals surface area (Å²) in [4.78, 5) is 4.32. The van der Waals surface area contributed by atoms with E-state index in [1.54, 1.807) is 6.20 Å². The van der Waals surface area contributed by atoms with Crippen LogP contribution in [0.15, 0.2) is 30.5 Å². The number of pyridine rings is 1. The van der Waals surface area contributed by atoms with Gasteiger partial charge in [-0.15, -0.1) is 0 Å². The van der Waals surface area contributed by atoms with Gasteiger partial charge in [0.25, 0.3) is 0 Å². The highest BCUT2D eigenvalue weighted by molar-refractivity contribution is 5.97. The average Bonchev–Trinajstić information content (AvgIpc) is 2.26. The summed E-state index contributed by atoms with van der Waals surface area (Å²) in [6.45, 7) is 7.54. The maximum atomic E-state index is 5.92. The zero-order valence-corrected chi connectivity index (χ0v) is 10.6. The van der Waals surface area contributed by atoms with E-state index in [0.717, 1.165) is 28.8 Å². The summed E-state index contributed by atoms with van der Waals surface area (Å²) in [5, 5.41) is 4.54. The minimum atomic E-state index is 0.246. The molecule has 2 aromatic rings. The summed E-state index contributed by atoms with van der Waals surface area (Å²) in [6, 6.07) is 7.88. The summed E-state index contributed by atoms with van der Waals surface area (Å²) >= 11 is 0. The van der Waals surface area contributed by atoms with Crippen LogP contribution in [0, 0.1) is 5.41 Å². The standard InChI is InChI=1S/C14H19N3/c1-14(2,3)9-17-12-7-8-16-13-10(12)5-4-6-11(13)15/h4-8H,9,15H2,1-3H3,(H,16,17). The third kappa shape index (κ3) is 2.67. The van der Waals surface area contributed by atoms with E-state index in [4.69, 9.17) is 5.73 Å². The van der Waals surface area contributed by atoms with Crippen molar-refractivity contribution in [1.29, 1.82) is 0 Å². The van der Waals surface area contributed by atoms with E-state index in [9.17, 15) is 0 Å². The first kappa shape index (κ1) is 11.7. The van der Waals surface area contributed by atoms with Crippen LogP contribution >= 0.6 is 0 Å². The van der Waals surface area contributed by atoms with Crippen molar-refractivity contribution in [2.24, 2.45) is 5.41 Å². The van der Waals surface area contributed by atoms with E-state index >= 15 is 0 Å². The van der Waals surface area contributed by atoms with Crippen molar-refractivity contribution < 1.29 is 0 Å². The molecule has 3 nitrogen and oxygen atoms in total. The SMILES string of the molecule is CC(C)(C)CNc1ccnc2c(N)cccc12. The van der Waals surface area contributed by atoms with Gasteiger partial charge in [0.1, 0.15) is 0 Å². The molecular formula is C14H19N3. The number of hydrogen-bond donors (Lipinski definition) is 2. The normalized spacial score (nSPS) is 11.7. The van der Waals surface area contributed by atoms with Crippen molar-refractivity contribution in [3.8, 4) is 0 Å². The molecule has 0 amide bonds. The van der Waals surface area contributed by atoms with Gasteiger partial charge in [-0.2, -0.15) is 0 Å². The zero-order valence-electron chi connectivity index (χ0n) is 10.6. The molecule has 0 radical (unpaired) electrons. The molecule has 0 aliphatic carbocycles. The molecule has 0 saturated heterocycles. The molecule has 0 saturated carbocycles. The van der Waals surface area contributed by atoms with E-state index in [-0.39, 0.29) is 5.41 Å². The highest BCUT2D eigenvalue weighted by Crippen LogP contribution is 2.26. The van der Waals surface area contributed by atoms with E-state index in [2.05, 4.69) is 31.1 Å². The average molecular weight is 229 g/mol. The Kier molecular flexibility index (Phi) is 2.92. The number of para-hydroxylation sites is 1. The van der Waals surface area contributed by atoms with Gasteiger partial charge in [-0.25, -0.2) is 0 Å². The van der Waals surface area contributed by atoms with Crippen molar-refractivity contribution >= 4 is 22.3 Å². The van der Waals surface area contributed by atoms with E-state index < -0.39 is 0 Å². The van der Waals surface area contributed by atoms with Crippen molar-refractivity contribution in [2.45, 2.75) is 20.8 Å². The Labute approximate surface area is 102 Å². The first-order chi connectivity index (χ1) is 7.97. The van der Waals surface area contributed by atoms with E-state index in [1.807, 2.05) is 24.3 Å². The molecule has 1 aromatic carbocycles. The van der Waals surface area contributed by atoms with E-state index in [1.165, 1.54) is 0 Å². The number of nitrogen functional groups attached to an aromatic ring is 1. The van der Waals surface area contributed by atoms with Crippen molar-refractivity contribution in [1.82, 2.24) is 4.98 Å². The molecule has 1 heterocycles. The Morgan fingerprint density at radius 1 is 1.24 bits per heavy atom. The number of nitrogens with two attached hydrogens (primary N) is 1. The van der Waals surface area contributed by atoms with Gasteiger partial charge in [0.15, 0.2) is 0 Å². The van der Waals surface area contributed by atoms with Crippen LogP contribution in [0.2, 0.25) is 0 Å². The van der Waals surface area contributed by atoms with Gasteiger partial charge in [-0.05, 0) is 17.5 Å². The van der Waals surface area contributed by atoms with Crippen LogP contribution in [0.3, 0.4) is 0 Å². The molecule has 2 rings (SSSR count). The van der Waals surface area contributed by atoms with Crippen molar-refractivity contribution in [3.05, 3.63) is 30.5 Å². The smallest absolute Gasteiger partial charge is 0.0951 e. The van der Waals surface area contributed by atoms with Crippen LogP contribution < -0.4 is 11.1 Å². The molecule has 0 aliphatic heterocycles. The van der Waals surface area contributed by atoms with Crippen molar-refractivity contribution in [2.75, 3.05) is 17.6 Å². The number of anilines is 2. The Hall–Kier alpha value is -1.77. The Morgan fingerprint density at radius 3 is 2.71 bits per heavy atom. The fraction of sp³-hybridized carbons (Fsp3) is 0.357. The molecular weight excluding hydrogens is 210 g/mol. The molecule has 0 bridgehead atoms. The number of fused-ring (bicyclic) bond motifs is 1. The highest BCUT2D eigenvalue weighted by atomic mass is 14.9. The Balaban J connectivity index is 2.38. The second kappa shape index (κ2) is 4.24. The second-order valence-corrected chi connectivity index (χ2v) is 5.52. The molecule has 0 unspecified atom stereocenters. The molecule has 1 aromatic heterocycles. The fourth-order valence-corrected chi connectivity index (χ4v) is 1.71. The predicted octanol–water partition coefficient (Wildman–Crippen LogP) is 3.28. The second-order valence-electron chi connectivity index (χ2n) is 5.52. The summed E-state index contributed by atoms with van der Waals surface area (Å²) in [7, 11) is 0. The first-order valence-corrected chi connectivity index (χ1v) is 5.84. The predicted molar refractivity (Wildman–Crippen MR) is 74.1 cm³/mol. The molecule has 17 heavy (non-hydrogen) atoms. The molecule has 0 spiro atoms. The van der Waals surface area contributed by atoms with Crippen LogP contribution in [0.1, 0.15) is 20.8 Å². The molecule has 90 valence electrons. The van der Waals surface area contributed by atoms with Gasteiger partial charge in [0.05, 0.1) is 11.2 Å². The zero-order chi connectivity index (χ0) is 12.5. The van der Waals surface area contributed by atoms with E-state index in [0.29, 0.717) is 0 Å². The molecule has 3 heteroatoms. The number of nitrogens with zero attached hydrogens (tertiary/aromatic N) is 1. The lowest BCUT2D eigenvalue weighted by atomic mass is 9.97. The monoisotopic (exact) mass is 229 g/mol. The van der Waals surface area contributed by atoms with Gasteiger partial charge >= 0.3 is 0 Å². The summed E-state index contributed by atoms with van der Waals surface area (Å²) in [5.41, 5.74) is 8.85. The molecule has 0 atom stereocenters. The number of aromatic nitrogens is 1. The van der Waals surface area contributed by atoms with Gasteiger partial charge in [-0.1, -0.05) is 32.9 Å². The highest BCUT2D eigenvalue weighted by Gasteiger charge is 2.11. The third-order valence-electron chi connectivity index (χ3n) is 2.61. The minimum absolute atomic E-state index is 0.246. The van der Waals surface area contributed by atoms with Gasteiger partial charge in [0.2, 0.25) is 0 Å². The number of benzene rings is 1. The third-order valence-corrected chi connectivity index (χ3v) is 2.61. The minimum Gasteiger partial charge on any atom is -0.397 e. The van der Waals surface area contributed by atoms with Crippen LogP contribution in [0.5, 0.6) is 0 Å². The number of rotatable bonds is 2. The first-order valence-electron chi connectivity index (χ1n) is 5.84. The lowest BCUT2D eigenvalue weighted by Crippen LogP contribution is -2.19. The van der Waals surface area contributed by atoms with Crippen LogP contribution in [-0.4, -0.2) is 11.5 Å². The summed E-state index contributed by atoms with van der Waals surface area (Å²) in [5.74, 6) is 0. The van der Waals surface area contributed by atoms with Crippen molar-refractivity contribution in [3.63, 3.8) is 0 Å². The van der Waals surface area contributed by atoms with Gasteiger partial charge in [0, 0.05) is 23.8 Å². The van der Waals surface area contributed by atoms with Crippen LogP contribution in [0.25, 0.3) is 10.9 Å². The summed E-state index contributed by atoms with van der Waals surface area (Å²) in [6.07, 6.45) is 1.80.